The van der Waals surface area contributed by atoms with Gasteiger partial charge in [0.15, 0.2) is 11.4 Å². The summed E-state index contributed by atoms with van der Waals surface area (Å²) in [5, 5.41) is 47.6. The second-order valence-corrected chi connectivity index (χ2v) is 10.5. The smallest absolute Gasteiger partial charge is 0.255 e. The number of amides is 2. The largest absolute Gasteiger partial charge is 0.510 e. The highest BCUT2D eigenvalue weighted by Crippen LogP contribution is 2.53. The van der Waals surface area contributed by atoms with Crippen LogP contribution in [0.5, 0.6) is 5.75 Å². The van der Waals surface area contributed by atoms with Gasteiger partial charge in [-0.15, -0.1) is 0 Å². The lowest BCUT2D eigenvalue weighted by Crippen LogP contribution is -2.63. The molecule has 0 radical (unpaired) electrons. The van der Waals surface area contributed by atoms with Crippen molar-refractivity contribution in [3.05, 3.63) is 45.4 Å². The molecule has 1 aromatic carbocycles. The maximum absolute atomic E-state index is 13.9. The number of hydrogen-bond donors (Lipinski definition) is 6. The molecule has 1 unspecified atom stereocenters. The number of fused-ring (bicyclic) bond motifs is 3. The number of benzene rings is 1. The number of anilines is 1. The van der Waals surface area contributed by atoms with Gasteiger partial charge < -0.3 is 36.4 Å². The third-order valence-corrected chi connectivity index (χ3v) is 7.79. The number of Topliss-reactive ketones (excluding diaryl/α,β-unsaturated/α-hetero) is 2. The lowest BCUT2D eigenvalue weighted by Gasteiger charge is -2.50. The van der Waals surface area contributed by atoms with Gasteiger partial charge in [0.05, 0.1) is 11.6 Å². The molecule has 1 aromatic rings. The van der Waals surface area contributed by atoms with E-state index in [1.165, 1.54) is 11.8 Å². The number of likely N-dealkylation sites (N-methyl/N-ethyl adjacent to an activating group) is 1. The topological polar surface area (TPSA) is 194 Å². The van der Waals surface area contributed by atoms with E-state index in [0.29, 0.717) is 11.3 Å². The van der Waals surface area contributed by atoms with Crippen LogP contribution in [0.25, 0.3) is 0 Å². The van der Waals surface area contributed by atoms with Crippen molar-refractivity contribution >= 4 is 29.1 Å². The van der Waals surface area contributed by atoms with Gasteiger partial charge in [-0.1, -0.05) is 0 Å². The van der Waals surface area contributed by atoms with Crippen LogP contribution in [0.15, 0.2) is 28.7 Å². The zero-order valence-electron chi connectivity index (χ0n) is 21.8. The van der Waals surface area contributed by atoms with Crippen molar-refractivity contribution in [1.82, 2.24) is 10.2 Å². The number of hydrogen-bond acceptors (Lipinski definition) is 10. The first-order valence-corrected chi connectivity index (χ1v) is 12.1. The van der Waals surface area contributed by atoms with Crippen molar-refractivity contribution in [2.24, 2.45) is 17.6 Å². The predicted octanol–water partition coefficient (Wildman–Crippen LogP) is -0.177. The van der Waals surface area contributed by atoms with Gasteiger partial charge in [-0.25, -0.2) is 0 Å². The number of phenolic OH excluding ortho intramolecular Hbond substituents is 1. The standard InChI is InChI=1S/C26H32N4O8/c1-10(31)28-9-12-8-15(29(2)3)13-6-11-7-14-19(30(4)5)22(34)18(25(27)37)24(36)26(14,38)23(35)16(11)21(33)17(13)20(12)32/h8,11,14,19,32,34-35,38H,6-7,9H2,1-5H3,(H2,27,37)(H,28,31)/t11-,14-,19?,26-/m0/s1. The normalized spacial score (nSPS) is 26.7. The Kier molecular flexibility index (Phi) is 6.53. The summed E-state index contributed by atoms with van der Waals surface area (Å²) >= 11 is 0. The summed E-state index contributed by atoms with van der Waals surface area (Å²) in [4.78, 5) is 54.1. The van der Waals surface area contributed by atoms with Crippen molar-refractivity contribution < 1.29 is 39.6 Å². The Bertz CT molecular complexity index is 1340. The molecule has 0 spiro atoms. The van der Waals surface area contributed by atoms with Crippen LogP contribution in [-0.2, 0) is 27.3 Å². The second kappa shape index (κ2) is 9.14. The van der Waals surface area contributed by atoms with E-state index in [9.17, 15) is 39.6 Å². The lowest BCUT2D eigenvalue weighted by molar-refractivity contribution is -0.148. The second-order valence-electron chi connectivity index (χ2n) is 10.5. The number of nitrogens with zero attached hydrogens (tertiary/aromatic N) is 2. The molecular weight excluding hydrogens is 496 g/mol. The first kappa shape index (κ1) is 27.1. The zero-order valence-corrected chi connectivity index (χ0v) is 21.8. The number of aliphatic hydroxyl groups excluding tert-OH is 2. The molecule has 0 fully saturated rings. The Morgan fingerprint density at radius 3 is 2.32 bits per heavy atom. The average Bonchev–Trinajstić information content (AvgIpc) is 2.80. The van der Waals surface area contributed by atoms with Crippen molar-refractivity contribution in [2.75, 3.05) is 33.1 Å². The van der Waals surface area contributed by atoms with Gasteiger partial charge in [0, 0.05) is 50.3 Å². The average molecular weight is 529 g/mol. The summed E-state index contributed by atoms with van der Waals surface area (Å²) in [6.07, 6.45) is 0.184. The Balaban J connectivity index is 1.96. The van der Waals surface area contributed by atoms with E-state index in [0.717, 1.165) is 0 Å². The van der Waals surface area contributed by atoms with E-state index in [1.54, 1.807) is 39.2 Å². The summed E-state index contributed by atoms with van der Waals surface area (Å²) in [7, 11) is 6.67. The molecule has 0 heterocycles. The van der Waals surface area contributed by atoms with Gasteiger partial charge in [-0.05, 0) is 44.5 Å². The van der Waals surface area contributed by atoms with E-state index in [4.69, 9.17) is 5.73 Å². The molecule has 2 amide bonds. The monoisotopic (exact) mass is 528 g/mol. The third-order valence-electron chi connectivity index (χ3n) is 7.79. The molecule has 204 valence electrons. The van der Waals surface area contributed by atoms with Crippen LogP contribution in [0.4, 0.5) is 5.69 Å². The van der Waals surface area contributed by atoms with E-state index in [2.05, 4.69) is 5.32 Å². The van der Waals surface area contributed by atoms with Crippen LogP contribution >= 0.6 is 0 Å². The Morgan fingerprint density at radius 1 is 1.16 bits per heavy atom. The number of rotatable bonds is 5. The van der Waals surface area contributed by atoms with Crippen molar-refractivity contribution in [3.8, 4) is 5.75 Å². The summed E-state index contributed by atoms with van der Waals surface area (Å²) in [6, 6.07) is 0.619. The fourth-order valence-corrected chi connectivity index (χ4v) is 6.11. The van der Waals surface area contributed by atoms with Crippen LogP contribution in [0, 0.1) is 11.8 Å². The number of ketones is 2. The first-order chi connectivity index (χ1) is 17.6. The van der Waals surface area contributed by atoms with E-state index in [-0.39, 0.29) is 47.7 Å². The minimum Gasteiger partial charge on any atom is -0.510 e. The fourth-order valence-electron chi connectivity index (χ4n) is 6.11. The van der Waals surface area contributed by atoms with Crippen molar-refractivity contribution in [3.63, 3.8) is 0 Å². The SMILES string of the molecule is CC(=O)NCc1cc(N(C)C)c2c(c1O)C(=O)C1=C(O)[C@]3(O)C(=O)C(C(N)=O)=C(O)C(N(C)C)[C@@H]3C[C@@H]1C2. The molecule has 3 aliphatic carbocycles. The van der Waals surface area contributed by atoms with Crippen molar-refractivity contribution in [2.45, 2.75) is 38.0 Å². The Labute approximate surface area is 219 Å². The molecule has 12 nitrogen and oxygen atoms in total. The number of carbonyl (C=O) groups is 4. The molecular formula is C26H32N4O8. The molecule has 12 heteroatoms. The maximum atomic E-state index is 13.9. The Hall–Kier alpha value is -3.90. The predicted molar refractivity (Wildman–Crippen MR) is 136 cm³/mol. The first-order valence-electron chi connectivity index (χ1n) is 12.1. The van der Waals surface area contributed by atoms with E-state index in [1.807, 2.05) is 0 Å². The van der Waals surface area contributed by atoms with Gasteiger partial charge >= 0.3 is 0 Å². The molecule has 0 aromatic heterocycles. The van der Waals surface area contributed by atoms with Crippen LogP contribution in [-0.4, -0.2) is 88.5 Å². The summed E-state index contributed by atoms with van der Waals surface area (Å²) in [5.74, 6) is -7.36. The van der Waals surface area contributed by atoms with Gasteiger partial charge in [0.25, 0.3) is 5.91 Å². The van der Waals surface area contributed by atoms with E-state index < -0.39 is 58.0 Å². The molecule has 38 heavy (non-hydrogen) atoms. The maximum Gasteiger partial charge on any atom is 0.255 e. The van der Waals surface area contributed by atoms with Crippen LogP contribution < -0.4 is 16.0 Å². The number of carbonyl (C=O) groups excluding carboxylic acids is 4. The summed E-state index contributed by atoms with van der Waals surface area (Å²) in [5.41, 5.74) is 2.87. The molecule has 4 rings (SSSR count). The number of nitrogens with two attached hydrogens (primary N) is 1. The number of aliphatic hydroxyl groups is 3. The van der Waals surface area contributed by atoms with Crippen LogP contribution in [0.1, 0.15) is 34.8 Å². The van der Waals surface area contributed by atoms with Crippen LogP contribution in [0.3, 0.4) is 0 Å². The van der Waals surface area contributed by atoms with Crippen LogP contribution in [0.2, 0.25) is 0 Å². The van der Waals surface area contributed by atoms with E-state index >= 15 is 0 Å². The van der Waals surface area contributed by atoms with Gasteiger partial charge in [-0.3, -0.25) is 24.1 Å². The molecule has 0 aliphatic heterocycles. The highest BCUT2D eigenvalue weighted by atomic mass is 16.3. The zero-order chi connectivity index (χ0) is 28.4. The number of primary amides is 1. The molecule has 4 atom stereocenters. The van der Waals surface area contributed by atoms with Crippen molar-refractivity contribution in [1.29, 1.82) is 0 Å². The molecule has 3 aliphatic rings. The summed E-state index contributed by atoms with van der Waals surface area (Å²) < 4.78 is 0. The molecule has 0 saturated heterocycles. The minimum absolute atomic E-state index is 0.00698. The molecule has 0 bridgehead atoms. The molecule has 0 saturated carbocycles. The highest BCUT2D eigenvalue weighted by Gasteiger charge is 2.63. The summed E-state index contributed by atoms with van der Waals surface area (Å²) in [6.45, 7) is 1.26. The number of allylic oxidation sites excluding steroid dienone is 1. The lowest BCUT2D eigenvalue weighted by atomic mass is 9.58. The number of nitrogens with one attached hydrogen (secondary N) is 1. The number of phenols is 1. The van der Waals surface area contributed by atoms with Gasteiger partial charge in [0.2, 0.25) is 11.7 Å². The quantitative estimate of drug-likeness (QED) is 0.279. The van der Waals surface area contributed by atoms with Gasteiger partial charge in [-0.2, -0.15) is 0 Å². The Morgan fingerprint density at radius 2 is 1.79 bits per heavy atom. The van der Waals surface area contributed by atoms with Gasteiger partial charge in [0.1, 0.15) is 22.8 Å². The minimum atomic E-state index is -2.70. The molecule has 7 N–H and O–H groups in total. The third kappa shape index (κ3) is 3.74. The fraction of sp³-hybridized carbons (Fsp3) is 0.462. The highest BCUT2D eigenvalue weighted by molar-refractivity contribution is 6.25. The number of aromatic hydroxyl groups is 1.